The number of rotatable bonds is 3. The van der Waals surface area contributed by atoms with Crippen LogP contribution in [0.25, 0.3) is 0 Å². The van der Waals surface area contributed by atoms with Gasteiger partial charge in [-0.2, -0.15) is 0 Å². The number of hydrogen-bond donors (Lipinski definition) is 6. The second-order valence-corrected chi connectivity index (χ2v) is 5.66. The minimum Gasteiger partial charge on any atom is -0.394 e. The maximum Gasteiger partial charge on any atom is 0.187 e. The van der Waals surface area contributed by atoms with Crippen molar-refractivity contribution in [3.05, 3.63) is 0 Å². The van der Waals surface area contributed by atoms with Crippen LogP contribution in [0.4, 0.5) is 0 Å². The van der Waals surface area contributed by atoms with Crippen molar-refractivity contribution in [2.24, 2.45) is 0 Å². The van der Waals surface area contributed by atoms with Gasteiger partial charge in [-0.15, -0.1) is 0 Å². The van der Waals surface area contributed by atoms with E-state index in [0.29, 0.717) is 0 Å². The fraction of sp³-hybridized carbons (Fsp3) is 1.00. The lowest BCUT2D eigenvalue weighted by atomic mass is 9.98. The van der Waals surface area contributed by atoms with Gasteiger partial charge in [0, 0.05) is 0 Å². The van der Waals surface area contributed by atoms with Gasteiger partial charge in [0.2, 0.25) is 0 Å². The molecule has 10 atom stereocenters. The van der Waals surface area contributed by atoms with Gasteiger partial charge in [-0.25, -0.2) is 0 Å². The van der Waals surface area contributed by atoms with E-state index >= 15 is 0 Å². The van der Waals surface area contributed by atoms with Gasteiger partial charge in [0.25, 0.3) is 0 Å². The Kier molecular flexibility index (Phi) is 4.67. The van der Waals surface area contributed by atoms with Gasteiger partial charge >= 0.3 is 0 Å². The minimum atomic E-state index is -1.60. The first-order chi connectivity index (χ1) is 10.4. The van der Waals surface area contributed by atoms with Gasteiger partial charge in [0.1, 0.15) is 48.8 Å². The molecule has 0 saturated carbocycles. The van der Waals surface area contributed by atoms with E-state index in [-0.39, 0.29) is 6.61 Å². The van der Waals surface area contributed by atoms with E-state index in [2.05, 4.69) is 0 Å². The Hall–Kier alpha value is -0.400. The van der Waals surface area contributed by atoms with Crippen LogP contribution in [0.5, 0.6) is 0 Å². The summed E-state index contributed by atoms with van der Waals surface area (Å²) >= 11 is 0. The monoisotopic (exact) mass is 324 g/mol. The molecule has 3 heterocycles. The Labute approximate surface area is 125 Å². The van der Waals surface area contributed by atoms with E-state index in [0.717, 1.165) is 0 Å². The summed E-state index contributed by atoms with van der Waals surface area (Å²) in [6.07, 6.45) is -12.5. The van der Waals surface area contributed by atoms with Crippen LogP contribution < -0.4 is 0 Å². The van der Waals surface area contributed by atoms with Crippen molar-refractivity contribution >= 4 is 0 Å². The third-order valence-corrected chi connectivity index (χ3v) is 4.21. The fourth-order valence-electron chi connectivity index (χ4n) is 2.87. The Balaban J connectivity index is 1.71. The molecule has 0 spiro atoms. The Morgan fingerprint density at radius 1 is 0.864 bits per heavy atom. The molecule has 0 unspecified atom stereocenters. The van der Waals surface area contributed by atoms with Crippen molar-refractivity contribution in [3.8, 4) is 0 Å². The molecule has 0 aromatic carbocycles. The molecule has 6 N–H and O–H groups in total. The average molecular weight is 324 g/mol. The van der Waals surface area contributed by atoms with Crippen molar-refractivity contribution in [3.63, 3.8) is 0 Å². The molecular formula is C12H20O10. The van der Waals surface area contributed by atoms with Crippen molar-refractivity contribution in [2.45, 2.75) is 61.4 Å². The van der Waals surface area contributed by atoms with Gasteiger partial charge in [0.05, 0.1) is 13.2 Å². The van der Waals surface area contributed by atoms with Crippen molar-refractivity contribution in [1.29, 1.82) is 0 Å². The lowest BCUT2D eigenvalue weighted by Gasteiger charge is -2.43. The maximum absolute atomic E-state index is 10.0. The zero-order chi connectivity index (χ0) is 16.0. The third-order valence-electron chi connectivity index (χ3n) is 4.21. The lowest BCUT2D eigenvalue weighted by molar-refractivity contribution is -0.337. The van der Waals surface area contributed by atoms with E-state index in [1.54, 1.807) is 0 Å². The van der Waals surface area contributed by atoms with Crippen molar-refractivity contribution in [1.82, 2.24) is 0 Å². The summed E-state index contributed by atoms with van der Waals surface area (Å²) in [5.41, 5.74) is 0. The summed E-state index contributed by atoms with van der Waals surface area (Å²) < 4.78 is 21.1. The normalized spacial score (nSPS) is 55.4. The molecule has 0 aliphatic carbocycles. The van der Waals surface area contributed by atoms with Crippen LogP contribution in [0, 0.1) is 0 Å². The number of hydrogen-bond acceptors (Lipinski definition) is 10. The minimum absolute atomic E-state index is 0.0842. The van der Waals surface area contributed by atoms with Crippen molar-refractivity contribution < 1.29 is 49.6 Å². The maximum atomic E-state index is 10.0. The molecule has 0 radical (unpaired) electrons. The van der Waals surface area contributed by atoms with Crippen LogP contribution in [0.3, 0.4) is 0 Å². The summed E-state index contributed by atoms with van der Waals surface area (Å²) in [6, 6.07) is 0. The summed E-state index contributed by atoms with van der Waals surface area (Å²) in [5.74, 6) is 0. The summed E-state index contributed by atoms with van der Waals surface area (Å²) in [4.78, 5) is 0. The number of aliphatic hydroxyl groups is 6. The smallest absolute Gasteiger partial charge is 0.187 e. The van der Waals surface area contributed by atoms with Gasteiger partial charge in [0.15, 0.2) is 12.6 Å². The zero-order valence-electron chi connectivity index (χ0n) is 11.5. The molecule has 10 nitrogen and oxygen atoms in total. The molecular weight excluding hydrogens is 304 g/mol. The van der Waals surface area contributed by atoms with Crippen LogP contribution in [-0.4, -0.2) is 105 Å². The van der Waals surface area contributed by atoms with E-state index in [9.17, 15) is 25.5 Å². The van der Waals surface area contributed by atoms with Gasteiger partial charge < -0.3 is 49.6 Å². The first-order valence-electron chi connectivity index (χ1n) is 7.03. The highest BCUT2D eigenvalue weighted by atomic mass is 16.8. The first kappa shape index (κ1) is 16.5. The Morgan fingerprint density at radius 2 is 1.59 bits per heavy atom. The molecule has 3 saturated heterocycles. The van der Waals surface area contributed by atoms with Crippen LogP contribution in [0.2, 0.25) is 0 Å². The molecule has 0 amide bonds. The predicted molar refractivity (Wildman–Crippen MR) is 65.3 cm³/mol. The highest BCUT2D eigenvalue weighted by molar-refractivity contribution is 4.96. The Bertz CT molecular complexity index is 392. The average Bonchev–Trinajstić information content (AvgIpc) is 2.96. The fourth-order valence-corrected chi connectivity index (χ4v) is 2.87. The molecule has 2 bridgehead atoms. The third kappa shape index (κ3) is 2.65. The topological polar surface area (TPSA) is 158 Å². The highest BCUT2D eigenvalue weighted by Crippen LogP contribution is 2.32. The van der Waals surface area contributed by atoms with Gasteiger partial charge in [-0.05, 0) is 0 Å². The first-order valence-corrected chi connectivity index (χ1v) is 7.03. The van der Waals surface area contributed by atoms with Gasteiger partial charge in [-0.1, -0.05) is 0 Å². The van der Waals surface area contributed by atoms with E-state index in [1.165, 1.54) is 0 Å². The van der Waals surface area contributed by atoms with E-state index < -0.39 is 68.0 Å². The van der Waals surface area contributed by atoms with E-state index in [4.69, 9.17) is 24.1 Å². The van der Waals surface area contributed by atoms with Gasteiger partial charge in [-0.3, -0.25) is 0 Å². The zero-order valence-corrected chi connectivity index (χ0v) is 11.5. The van der Waals surface area contributed by atoms with Crippen LogP contribution in [0.1, 0.15) is 0 Å². The number of fused-ring (bicyclic) bond motifs is 2. The molecule has 3 rings (SSSR count). The molecule has 10 heteroatoms. The largest absolute Gasteiger partial charge is 0.394 e. The van der Waals surface area contributed by atoms with Crippen LogP contribution in [-0.2, 0) is 18.9 Å². The molecule has 3 fully saturated rings. The molecule has 3 aliphatic heterocycles. The second-order valence-electron chi connectivity index (χ2n) is 5.66. The Morgan fingerprint density at radius 3 is 2.27 bits per heavy atom. The van der Waals surface area contributed by atoms with Crippen molar-refractivity contribution in [2.75, 3.05) is 13.2 Å². The van der Waals surface area contributed by atoms with Crippen LogP contribution >= 0.6 is 0 Å². The molecule has 128 valence electrons. The lowest BCUT2D eigenvalue weighted by Crippen LogP contribution is -2.62. The number of aliphatic hydroxyl groups excluding tert-OH is 6. The highest BCUT2D eigenvalue weighted by Gasteiger charge is 2.53. The predicted octanol–water partition coefficient (Wildman–Crippen LogP) is -4.35. The molecule has 22 heavy (non-hydrogen) atoms. The quantitative estimate of drug-likeness (QED) is 0.299. The summed E-state index contributed by atoms with van der Waals surface area (Å²) in [6.45, 7) is -0.507. The number of ether oxygens (including phenoxy) is 4. The SMILES string of the molecule is OC[C@H]1O[C@H](O[C@H]2[C@H](O)[C@@H](O)[C@@H]3OC[C@H]2O3)[C@H](O)[C@@H](O)[C@@H]1O. The standard InChI is InChI=1S/C12H20O10/c13-1-3-5(14)6(15)8(17)12(20-3)22-10-4-2-19-11(21-4)9(18)7(10)16/h3-18H,1-2H2/t3-,4-,5-,6+,7-,8-,9-,10-,11-,12-/m1/s1. The molecule has 0 aromatic rings. The second kappa shape index (κ2) is 6.24. The molecule has 3 aliphatic rings. The summed E-state index contributed by atoms with van der Waals surface area (Å²) in [7, 11) is 0. The summed E-state index contributed by atoms with van der Waals surface area (Å²) in [5, 5.41) is 58.3. The van der Waals surface area contributed by atoms with E-state index in [1.807, 2.05) is 0 Å². The van der Waals surface area contributed by atoms with Crippen LogP contribution in [0.15, 0.2) is 0 Å². The molecule has 0 aromatic heterocycles.